The Bertz CT molecular complexity index is 171. The van der Waals surface area contributed by atoms with Crippen molar-refractivity contribution in [1.29, 1.82) is 0 Å². The minimum atomic E-state index is -4.37. The lowest BCUT2D eigenvalue weighted by molar-refractivity contribution is -0.182. The highest BCUT2D eigenvalue weighted by atomic mass is 35.5. The fourth-order valence-corrected chi connectivity index (χ4v) is 1.04. The Labute approximate surface area is 73.9 Å². The van der Waals surface area contributed by atoms with Crippen LogP contribution < -0.4 is 5.32 Å². The quantitative estimate of drug-likeness (QED) is 0.640. The van der Waals surface area contributed by atoms with Gasteiger partial charge in [-0.3, -0.25) is 4.79 Å². The van der Waals surface area contributed by atoms with Crippen LogP contribution in [0, 0.1) is 5.92 Å². The Hall–Kier alpha value is -0.290. The van der Waals surface area contributed by atoms with E-state index in [1.165, 1.54) is 0 Å². The molecule has 0 aromatic rings. The van der Waals surface area contributed by atoms with Gasteiger partial charge in [0.1, 0.15) is 11.7 Å². The Balaban J connectivity index is 0.00000121. The van der Waals surface area contributed by atoms with Crippen molar-refractivity contribution in [2.24, 2.45) is 5.92 Å². The Morgan fingerprint density at radius 3 is 2.33 bits per heavy atom. The first-order valence-corrected chi connectivity index (χ1v) is 3.32. The van der Waals surface area contributed by atoms with Crippen LogP contribution in [-0.2, 0) is 4.79 Å². The van der Waals surface area contributed by atoms with Crippen molar-refractivity contribution in [3.05, 3.63) is 0 Å². The Kier molecular flexibility index (Phi) is 3.99. The van der Waals surface area contributed by atoms with Crippen LogP contribution >= 0.6 is 12.4 Å². The summed E-state index contributed by atoms with van der Waals surface area (Å²) >= 11 is 0. The third kappa shape index (κ3) is 2.64. The van der Waals surface area contributed by atoms with Crippen molar-refractivity contribution in [3.8, 4) is 0 Å². The zero-order valence-electron chi connectivity index (χ0n) is 6.15. The Morgan fingerprint density at radius 2 is 2.00 bits per heavy atom. The molecule has 1 aliphatic rings. The van der Waals surface area contributed by atoms with E-state index in [0.29, 0.717) is 6.54 Å². The molecule has 1 rings (SSSR count). The molecule has 0 bridgehead atoms. The van der Waals surface area contributed by atoms with Crippen molar-refractivity contribution in [3.63, 3.8) is 0 Å². The lowest BCUT2D eigenvalue weighted by Gasteiger charge is -2.23. The number of carbonyl (C=O) groups excluding carboxylic acids is 1. The average Bonchev–Trinajstić information content (AvgIpc) is 1.86. The third-order valence-corrected chi connectivity index (χ3v) is 1.68. The highest BCUT2D eigenvalue weighted by Gasteiger charge is 2.44. The van der Waals surface area contributed by atoms with Gasteiger partial charge < -0.3 is 5.32 Å². The van der Waals surface area contributed by atoms with Gasteiger partial charge in [-0.05, 0) is 0 Å². The van der Waals surface area contributed by atoms with Gasteiger partial charge >= 0.3 is 6.18 Å². The van der Waals surface area contributed by atoms with Gasteiger partial charge in [-0.15, -0.1) is 12.4 Å². The number of alkyl halides is 3. The molecule has 1 atom stereocenters. The van der Waals surface area contributed by atoms with Gasteiger partial charge in [0.2, 0.25) is 0 Å². The van der Waals surface area contributed by atoms with E-state index >= 15 is 0 Å². The third-order valence-electron chi connectivity index (χ3n) is 1.68. The summed E-state index contributed by atoms with van der Waals surface area (Å²) in [7, 11) is 0. The topological polar surface area (TPSA) is 29.1 Å². The standard InChI is InChI=1S/C6H8F3NO.ClH/c7-6(8,9)4-3-10-2-1-5(4)11;/h4,10H,1-3H2;1H. The number of hydrogen-bond donors (Lipinski definition) is 1. The molecule has 1 N–H and O–H groups in total. The van der Waals surface area contributed by atoms with E-state index in [0.717, 1.165) is 0 Å². The summed E-state index contributed by atoms with van der Waals surface area (Å²) in [6.45, 7) is 0.105. The molecule has 12 heavy (non-hydrogen) atoms. The largest absolute Gasteiger partial charge is 0.399 e. The van der Waals surface area contributed by atoms with Crippen LogP contribution in [0.25, 0.3) is 0 Å². The predicted molar refractivity (Wildman–Crippen MR) is 39.3 cm³/mol. The second-order valence-electron chi connectivity index (χ2n) is 2.51. The maximum absolute atomic E-state index is 11.9. The van der Waals surface area contributed by atoms with Gasteiger partial charge in [0.15, 0.2) is 0 Å². The second-order valence-corrected chi connectivity index (χ2v) is 2.51. The monoisotopic (exact) mass is 203 g/mol. The summed E-state index contributed by atoms with van der Waals surface area (Å²) in [6.07, 6.45) is -4.38. The first kappa shape index (κ1) is 11.7. The molecule has 2 nitrogen and oxygen atoms in total. The number of piperidine rings is 1. The molecule has 0 aromatic carbocycles. The average molecular weight is 204 g/mol. The van der Waals surface area contributed by atoms with Crippen molar-refractivity contribution in [1.82, 2.24) is 5.32 Å². The highest BCUT2D eigenvalue weighted by Crippen LogP contribution is 2.28. The summed E-state index contributed by atoms with van der Waals surface area (Å²) in [5.41, 5.74) is 0. The van der Waals surface area contributed by atoms with Crippen molar-refractivity contribution in [2.75, 3.05) is 13.1 Å². The van der Waals surface area contributed by atoms with E-state index in [9.17, 15) is 18.0 Å². The molecule has 1 saturated heterocycles. The minimum Gasteiger partial charge on any atom is -0.315 e. The molecule has 0 amide bonds. The second kappa shape index (κ2) is 4.09. The molecule has 0 aromatic heterocycles. The van der Waals surface area contributed by atoms with Crippen LogP contribution in [-0.4, -0.2) is 25.0 Å². The molecule has 1 unspecified atom stereocenters. The number of rotatable bonds is 0. The van der Waals surface area contributed by atoms with E-state index in [1.54, 1.807) is 0 Å². The zero-order valence-corrected chi connectivity index (χ0v) is 6.97. The number of Topliss-reactive ketones (excluding diaryl/α,β-unsaturated/α-hetero) is 1. The molecule has 0 aliphatic carbocycles. The molecular formula is C6H9ClF3NO. The normalized spacial score (nSPS) is 24.9. The van der Waals surface area contributed by atoms with Crippen LogP contribution in [0.15, 0.2) is 0 Å². The van der Waals surface area contributed by atoms with Crippen LogP contribution in [0.4, 0.5) is 13.2 Å². The number of halogens is 4. The molecule has 6 heteroatoms. The van der Waals surface area contributed by atoms with Crippen LogP contribution in [0.1, 0.15) is 6.42 Å². The number of hydrogen-bond acceptors (Lipinski definition) is 2. The van der Waals surface area contributed by atoms with Gasteiger partial charge in [-0.25, -0.2) is 0 Å². The number of ketones is 1. The van der Waals surface area contributed by atoms with Crippen LogP contribution in [0.3, 0.4) is 0 Å². The maximum atomic E-state index is 11.9. The molecule has 0 radical (unpaired) electrons. The molecule has 1 heterocycles. The smallest absolute Gasteiger partial charge is 0.315 e. The van der Waals surface area contributed by atoms with Gasteiger partial charge in [-0.1, -0.05) is 0 Å². The molecule has 1 fully saturated rings. The van der Waals surface area contributed by atoms with E-state index in [1.807, 2.05) is 0 Å². The SMILES string of the molecule is Cl.O=C1CCNCC1C(F)(F)F. The zero-order chi connectivity index (χ0) is 8.48. The van der Waals surface area contributed by atoms with Gasteiger partial charge in [-0.2, -0.15) is 13.2 Å². The molecule has 0 saturated carbocycles. The van der Waals surface area contributed by atoms with Crippen molar-refractivity contribution in [2.45, 2.75) is 12.6 Å². The van der Waals surface area contributed by atoms with Gasteiger partial charge in [0, 0.05) is 19.5 Å². The summed E-state index contributed by atoms with van der Waals surface area (Å²) in [6, 6.07) is 0. The molecule has 1 aliphatic heterocycles. The first-order valence-electron chi connectivity index (χ1n) is 3.32. The van der Waals surface area contributed by atoms with E-state index in [-0.39, 0.29) is 25.4 Å². The highest BCUT2D eigenvalue weighted by molar-refractivity contribution is 5.85. The summed E-state index contributed by atoms with van der Waals surface area (Å²) in [5.74, 6) is -2.48. The number of nitrogens with one attached hydrogen (secondary N) is 1. The molecule has 72 valence electrons. The first-order chi connectivity index (χ1) is 5.02. The van der Waals surface area contributed by atoms with E-state index in [4.69, 9.17) is 0 Å². The summed E-state index contributed by atoms with van der Waals surface area (Å²) in [5, 5.41) is 2.53. The van der Waals surface area contributed by atoms with Gasteiger partial charge in [0.25, 0.3) is 0 Å². The van der Waals surface area contributed by atoms with Gasteiger partial charge in [0.05, 0.1) is 0 Å². The van der Waals surface area contributed by atoms with Crippen LogP contribution in [0.2, 0.25) is 0 Å². The van der Waals surface area contributed by atoms with Crippen LogP contribution in [0.5, 0.6) is 0 Å². The van der Waals surface area contributed by atoms with E-state index in [2.05, 4.69) is 5.32 Å². The van der Waals surface area contributed by atoms with Crippen molar-refractivity contribution >= 4 is 18.2 Å². The fourth-order valence-electron chi connectivity index (χ4n) is 1.04. The molecular weight excluding hydrogens is 195 g/mol. The maximum Gasteiger partial charge on any atom is 0.399 e. The molecule has 0 spiro atoms. The summed E-state index contributed by atoms with van der Waals surface area (Å²) < 4.78 is 35.8. The lowest BCUT2D eigenvalue weighted by atomic mass is 9.98. The minimum absolute atomic E-state index is 0. The van der Waals surface area contributed by atoms with E-state index < -0.39 is 17.9 Å². The number of carbonyl (C=O) groups is 1. The Morgan fingerprint density at radius 1 is 1.42 bits per heavy atom. The predicted octanol–water partition coefficient (Wildman–Crippen LogP) is 1.15. The summed E-state index contributed by atoms with van der Waals surface area (Å²) in [4.78, 5) is 10.7. The fraction of sp³-hybridized carbons (Fsp3) is 0.833. The lowest BCUT2D eigenvalue weighted by Crippen LogP contribution is -2.44. The van der Waals surface area contributed by atoms with Crippen molar-refractivity contribution < 1.29 is 18.0 Å².